The summed E-state index contributed by atoms with van der Waals surface area (Å²) < 4.78 is 10.7. The molecule has 2 fully saturated rings. The molecule has 2 saturated heterocycles. The minimum Gasteiger partial charge on any atom is -0.494 e. The minimum absolute atomic E-state index is 0.0924. The van der Waals surface area contributed by atoms with Gasteiger partial charge in [0, 0.05) is 108 Å². The molecule has 4 aromatic carbocycles. The summed E-state index contributed by atoms with van der Waals surface area (Å²) in [5, 5.41) is 32.1. The third-order valence-corrected chi connectivity index (χ3v) is 12.2. The maximum atomic E-state index is 11.5. The summed E-state index contributed by atoms with van der Waals surface area (Å²) in [5.41, 5.74) is 5.68. The number of hydrogen-bond donors (Lipinski definition) is 1. The zero-order valence-electron chi connectivity index (χ0n) is 34.9. The van der Waals surface area contributed by atoms with E-state index in [2.05, 4.69) is 71.5 Å². The third kappa shape index (κ3) is 14.0. The van der Waals surface area contributed by atoms with Gasteiger partial charge in [0.05, 0.1) is 41.3 Å². The number of ether oxygens (including phenoxy) is 2. The normalized spacial score (nSPS) is 14.0. The number of benzene rings is 4. The number of rotatable bonds is 11. The Morgan fingerprint density at radius 2 is 1.14 bits per heavy atom. The maximum Gasteiger partial charge on any atom is 0.296 e. The molecule has 4 heterocycles. The summed E-state index contributed by atoms with van der Waals surface area (Å²) in [6.45, 7) is 7.31. The Morgan fingerprint density at radius 3 is 1.65 bits per heavy atom. The number of thiazole rings is 2. The fraction of sp³-hybridized carbons (Fsp3) is 0.318. The van der Waals surface area contributed by atoms with Gasteiger partial charge in [-0.3, -0.25) is 25.1 Å². The summed E-state index contributed by atoms with van der Waals surface area (Å²) >= 11 is 8.97. The third-order valence-electron chi connectivity index (χ3n) is 10.0. The molecular formula is C44H49Cl3N8O6S2. The lowest BCUT2D eigenvalue weighted by Crippen LogP contribution is -2.31. The van der Waals surface area contributed by atoms with E-state index in [9.17, 15) is 20.2 Å². The maximum absolute atomic E-state index is 11.5. The number of halogens is 3. The van der Waals surface area contributed by atoms with E-state index in [-0.39, 0.29) is 21.2 Å². The molecule has 19 heteroatoms. The lowest BCUT2D eigenvalue weighted by atomic mass is 10.2. The zero-order valence-corrected chi connectivity index (χ0v) is 38.8. The SMILES string of the molecule is COc1cccc([N+](=O)[O-])c1N1CCCN(Cc2csc(-c3ccccc3)n2)CC1.COc1cccc([N+](=O)[O-])c1N1CCCNCC1.ClCc1csc(-c2ccccc2)n1.ClCl. The number of methoxy groups -OCH3 is 2. The smallest absolute Gasteiger partial charge is 0.296 e. The Morgan fingerprint density at radius 1 is 0.635 bits per heavy atom. The highest BCUT2D eigenvalue weighted by molar-refractivity contribution is 7.13. The molecule has 63 heavy (non-hydrogen) atoms. The van der Waals surface area contributed by atoms with Crippen molar-refractivity contribution in [3.63, 3.8) is 0 Å². The zero-order chi connectivity index (χ0) is 45.0. The van der Waals surface area contributed by atoms with E-state index in [0.717, 1.165) is 97.7 Å². The first-order valence-corrected chi connectivity index (χ1v) is 23.5. The number of hydrogen-bond acceptors (Lipinski definition) is 14. The first kappa shape index (κ1) is 49.0. The molecule has 6 aromatic rings. The van der Waals surface area contributed by atoms with Crippen LogP contribution in [0.3, 0.4) is 0 Å². The van der Waals surface area contributed by atoms with Gasteiger partial charge in [0.15, 0.2) is 11.4 Å². The molecule has 0 unspecified atom stereocenters. The highest BCUT2D eigenvalue weighted by Gasteiger charge is 2.27. The Bertz CT molecular complexity index is 2320. The Labute approximate surface area is 389 Å². The molecule has 0 amide bonds. The lowest BCUT2D eigenvalue weighted by molar-refractivity contribution is -0.384. The van der Waals surface area contributed by atoms with Crippen LogP contribution < -0.4 is 24.6 Å². The van der Waals surface area contributed by atoms with E-state index in [4.69, 9.17) is 26.1 Å². The van der Waals surface area contributed by atoms with Crippen molar-refractivity contribution in [2.24, 2.45) is 0 Å². The molecule has 2 aliphatic rings. The Kier molecular flexibility index (Phi) is 20.1. The van der Waals surface area contributed by atoms with Crippen LogP contribution in [0.4, 0.5) is 22.7 Å². The first-order valence-electron chi connectivity index (χ1n) is 20.0. The molecule has 0 radical (unpaired) electrons. The van der Waals surface area contributed by atoms with E-state index in [1.165, 1.54) is 6.07 Å². The molecule has 2 aromatic heterocycles. The van der Waals surface area contributed by atoms with Gasteiger partial charge in [-0.05, 0) is 31.5 Å². The second-order valence-corrected chi connectivity index (χ2v) is 16.0. The topological polar surface area (TPSA) is 152 Å². The van der Waals surface area contributed by atoms with E-state index in [1.54, 1.807) is 67.2 Å². The lowest BCUT2D eigenvalue weighted by Gasteiger charge is -2.24. The first-order chi connectivity index (χ1) is 30.8. The van der Waals surface area contributed by atoms with Crippen molar-refractivity contribution in [2.45, 2.75) is 25.3 Å². The van der Waals surface area contributed by atoms with Gasteiger partial charge in [0.2, 0.25) is 0 Å². The number of nitro benzene ring substituents is 2. The van der Waals surface area contributed by atoms with Crippen LogP contribution in [0, 0.1) is 20.2 Å². The number of alkyl halides is 1. The van der Waals surface area contributed by atoms with Crippen molar-refractivity contribution >= 4 is 78.7 Å². The van der Waals surface area contributed by atoms with Gasteiger partial charge in [-0.2, -0.15) is 0 Å². The van der Waals surface area contributed by atoms with E-state index < -0.39 is 0 Å². The van der Waals surface area contributed by atoms with Crippen LogP contribution in [0.25, 0.3) is 21.1 Å². The Balaban J connectivity index is 0.000000192. The van der Waals surface area contributed by atoms with Crippen LogP contribution in [0.2, 0.25) is 0 Å². The van der Waals surface area contributed by atoms with E-state index in [0.29, 0.717) is 35.3 Å². The average molecular weight is 956 g/mol. The van der Waals surface area contributed by atoms with Crippen molar-refractivity contribution in [1.29, 1.82) is 0 Å². The predicted octanol–water partition coefficient (Wildman–Crippen LogP) is 10.8. The summed E-state index contributed by atoms with van der Waals surface area (Å²) in [6, 6.07) is 30.3. The van der Waals surface area contributed by atoms with Gasteiger partial charge in [0.1, 0.15) is 21.5 Å². The average Bonchev–Trinajstić information content (AvgIpc) is 3.85. The molecule has 8 rings (SSSR count). The quantitative estimate of drug-likeness (QED) is 0.0747. The fourth-order valence-corrected chi connectivity index (χ4v) is 8.98. The van der Waals surface area contributed by atoms with Gasteiger partial charge in [-0.25, -0.2) is 9.97 Å². The molecule has 2 aliphatic heterocycles. The van der Waals surface area contributed by atoms with Crippen molar-refractivity contribution in [3.05, 3.63) is 139 Å². The molecular weight excluding hydrogens is 907 g/mol. The van der Waals surface area contributed by atoms with Crippen molar-refractivity contribution < 1.29 is 19.3 Å². The summed E-state index contributed by atoms with van der Waals surface area (Å²) in [6.07, 6.45) is 1.89. The van der Waals surface area contributed by atoms with Crippen molar-refractivity contribution in [1.82, 2.24) is 20.2 Å². The highest BCUT2D eigenvalue weighted by atomic mass is 36.5. The second kappa shape index (κ2) is 25.9. The van der Waals surface area contributed by atoms with Crippen molar-refractivity contribution in [3.8, 4) is 32.6 Å². The van der Waals surface area contributed by atoms with Gasteiger partial charge >= 0.3 is 0 Å². The van der Waals surface area contributed by atoms with Gasteiger partial charge in [0.25, 0.3) is 11.4 Å². The van der Waals surface area contributed by atoms with Gasteiger partial charge in [-0.15, -0.1) is 34.3 Å². The van der Waals surface area contributed by atoms with E-state index >= 15 is 0 Å². The van der Waals surface area contributed by atoms with Crippen LogP contribution in [0.5, 0.6) is 11.5 Å². The summed E-state index contributed by atoms with van der Waals surface area (Å²) in [4.78, 5) is 37.6. The molecule has 0 aliphatic carbocycles. The minimum atomic E-state index is -0.351. The number of nitrogens with zero attached hydrogens (tertiary/aromatic N) is 7. The molecule has 14 nitrogen and oxygen atoms in total. The van der Waals surface area contributed by atoms with Gasteiger partial charge in [-0.1, -0.05) is 72.8 Å². The molecule has 0 bridgehead atoms. The Hall–Kier alpha value is -5.07. The molecule has 0 saturated carbocycles. The van der Waals surface area contributed by atoms with Crippen LogP contribution in [0.1, 0.15) is 24.2 Å². The molecule has 0 atom stereocenters. The number of para-hydroxylation sites is 2. The molecule has 334 valence electrons. The largest absolute Gasteiger partial charge is 0.494 e. The number of anilines is 2. The number of nitro groups is 2. The van der Waals surface area contributed by atoms with Crippen LogP contribution in [0.15, 0.2) is 108 Å². The fourth-order valence-electron chi connectivity index (χ4n) is 7.11. The molecule has 0 spiro atoms. The monoisotopic (exact) mass is 954 g/mol. The predicted molar refractivity (Wildman–Crippen MR) is 257 cm³/mol. The van der Waals surface area contributed by atoms with Gasteiger partial charge < -0.3 is 24.6 Å². The van der Waals surface area contributed by atoms with E-state index in [1.807, 2.05) is 46.7 Å². The van der Waals surface area contributed by atoms with Crippen LogP contribution in [-0.2, 0) is 12.4 Å². The standard InChI is InChI=1S/C22H24N4O3S.C12H17N3O3.C10H8ClNS.Cl2/c1-29-20-10-5-9-19(26(27)28)21(20)25-12-6-11-24(13-14-25)15-18-16-30-22(23-18)17-7-3-2-4-8-17;1-18-11-5-2-4-10(15(16)17)12(11)14-8-3-6-13-7-9-14;11-6-9-7-13-10(12-9)8-4-2-1-3-5-8;1-2/h2-5,7-10,16H,6,11-15H2,1H3;2,4-5,13H,3,6-9H2,1H3;1-5,7H,6H2;. The second-order valence-electron chi connectivity index (χ2n) is 14.0. The summed E-state index contributed by atoms with van der Waals surface area (Å²) in [5.74, 6) is 1.60. The number of aromatic nitrogens is 2. The number of nitrogens with one attached hydrogen (secondary N) is 1. The van der Waals surface area contributed by atoms with Crippen molar-refractivity contribution in [2.75, 3.05) is 76.4 Å². The highest BCUT2D eigenvalue weighted by Crippen LogP contribution is 2.39. The van der Waals surface area contributed by atoms with Crippen LogP contribution in [-0.4, -0.2) is 91.3 Å². The molecule has 1 N–H and O–H groups in total. The summed E-state index contributed by atoms with van der Waals surface area (Å²) in [7, 11) is 11.3. The van der Waals surface area contributed by atoms with Crippen LogP contribution >= 0.6 is 56.0 Å².